The predicted molar refractivity (Wildman–Crippen MR) is 73.7 cm³/mol. The molecule has 8 heteroatoms. The van der Waals surface area contributed by atoms with Gasteiger partial charge in [-0.05, 0) is 24.7 Å². The van der Waals surface area contributed by atoms with Crippen molar-refractivity contribution in [1.29, 1.82) is 0 Å². The minimum atomic E-state index is -3.89. The number of hydrazine groups is 1. The number of rotatable bonds is 4. The highest BCUT2D eigenvalue weighted by Gasteiger charge is 2.24. The lowest BCUT2D eigenvalue weighted by molar-refractivity contribution is 0.134. The topological polar surface area (TPSA) is 78.7 Å². The number of nitrogens with two attached hydrogens (primary N) is 1. The molecule has 0 bridgehead atoms. The maximum absolute atomic E-state index is 13.8. The summed E-state index contributed by atoms with van der Waals surface area (Å²) in [5, 5.41) is 1.59. The summed E-state index contributed by atoms with van der Waals surface area (Å²) in [6, 6.07) is 3.91. The molecule has 0 saturated carbocycles. The van der Waals surface area contributed by atoms with Gasteiger partial charge in [-0.2, -0.15) is 0 Å². The third kappa shape index (κ3) is 3.53. The fraction of sp³-hybridized carbons (Fsp3) is 0.500. The molecule has 2 rings (SSSR count). The van der Waals surface area contributed by atoms with Crippen LogP contribution in [0.1, 0.15) is 5.56 Å². The van der Waals surface area contributed by atoms with Crippen molar-refractivity contribution in [3.05, 3.63) is 29.6 Å². The third-order valence-corrected chi connectivity index (χ3v) is 4.68. The Hall–Kier alpha value is -1.06. The smallest absolute Gasteiger partial charge is 0.256 e. The highest BCUT2D eigenvalue weighted by molar-refractivity contribution is 7.89. The van der Waals surface area contributed by atoms with Gasteiger partial charge in [0.25, 0.3) is 10.0 Å². The zero-order chi connectivity index (χ0) is 14.8. The van der Waals surface area contributed by atoms with Crippen molar-refractivity contribution >= 4 is 10.0 Å². The summed E-state index contributed by atoms with van der Waals surface area (Å²) in [6.07, 6.45) is 0. The first kappa shape index (κ1) is 15.3. The average molecular weight is 302 g/mol. The van der Waals surface area contributed by atoms with Crippen LogP contribution in [0, 0.1) is 5.82 Å². The lowest BCUT2D eigenvalue weighted by Crippen LogP contribution is -2.52. The maximum Gasteiger partial charge on any atom is 0.256 e. The number of piperazine rings is 1. The SMILES string of the molecule is CN1CCN(NS(=O)(=O)c2ccc(CN)cc2F)CC1. The molecule has 0 amide bonds. The van der Waals surface area contributed by atoms with Crippen LogP contribution < -0.4 is 10.6 Å². The molecule has 1 saturated heterocycles. The first-order valence-corrected chi connectivity index (χ1v) is 7.85. The van der Waals surface area contributed by atoms with Gasteiger partial charge in [-0.15, -0.1) is 4.83 Å². The molecule has 0 unspecified atom stereocenters. The Morgan fingerprint density at radius 3 is 2.50 bits per heavy atom. The molecule has 1 heterocycles. The molecule has 0 aromatic heterocycles. The van der Waals surface area contributed by atoms with Crippen molar-refractivity contribution in [3.63, 3.8) is 0 Å². The zero-order valence-electron chi connectivity index (χ0n) is 11.3. The summed E-state index contributed by atoms with van der Waals surface area (Å²) in [6.45, 7) is 2.83. The number of halogens is 1. The van der Waals surface area contributed by atoms with Crippen LogP contribution in [0.2, 0.25) is 0 Å². The number of benzene rings is 1. The van der Waals surface area contributed by atoms with E-state index >= 15 is 0 Å². The van der Waals surface area contributed by atoms with Gasteiger partial charge in [0.1, 0.15) is 10.7 Å². The molecule has 0 atom stereocenters. The van der Waals surface area contributed by atoms with Crippen molar-refractivity contribution in [1.82, 2.24) is 14.7 Å². The predicted octanol–water partition coefficient (Wildman–Crippen LogP) is -0.275. The van der Waals surface area contributed by atoms with Crippen molar-refractivity contribution in [2.75, 3.05) is 33.2 Å². The van der Waals surface area contributed by atoms with Gasteiger partial charge in [0.15, 0.2) is 0 Å². The largest absolute Gasteiger partial charge is 0.326 e. The molecule has 112 valence electrons. The van der Waals surface area contributed by atoms with Gasteiger partial charge in [0, 0.05) is 32.7 Å². The minimum Gasteiger partial charge on any atom is -0.326 e. The fourth-order valence-corrected chi connectivity index (χ4v) is 3.19. The van der Waals surface area contributed by atoms with E-state index in [-0.39, 0.29) is 11.4 Å². The quantitative estimate of drug-likeness (QED) is 0.800. The van der Waals surface area contributed by atoms with E-state index in [1.807, 2.05) is 7.05 Å². The monoisotopic (exact) mass is 302 g/mol. The molecule has 1 fully saturated rings. The molecule has 3 N–H and O–H groups in total. The Morgan fingerprint density at radius 1 is 1.30 bits per heavy atom. The number of likely N-dealkylation sites (N-methyl/N-ethyl adjacent to an activating group) is 1. The van der Waals surface area contributed by atoms with E-state index in [0.717, 1.165) is 19.2 Å². The Kier molecular flexibility index (Phi) is 4.71. The standard InChI is InChI=1S/C12H19FN4O2S/c1-16-4-6-17(7-5-16)15-20(18,19)12-3-2-10(9-14)8-11(12)13/h2-3,8,15H,4-7,9,14H2,1H3. The first-order valence-electron chi connectivity index (χ1n) is 6.37. The minimum absolute atomic E-state index is 0.170. The number of hydrogen-bond donors (Lipinski definition) is 2. The second-order valence-electron chi connectivity index (χ2n) is 4.85. The van der Waals surface area contributed by atoms with E-state index < -0.39 is 15.8 Å². The molecule has 1 aromatic rings. The lowest BCUT2D eigenvalue weighted by Gasteiger charge is -2.32. The van der Waals surface area contributed by atoms with Crippen LogP contribution in [0.15, 0.2) is 23.1 Å². The number of nitrogens with one attached hydrogen (secondary N) is 1. The molecule has 0 aliphatic carbocycles. The number of sulfonamides is 1. The highest BCUT2D eigenvalue weighted by Crippen LogP contribution is 2.16. The van der Waals surface area contributed by atoms with E-state index in [0.29, 0.717) is 18.7 Å². The van der Waals surface area contributed by atoms with Gasteiger partial charge >= 0.3 is 0 Å². The number of nitrogens with zero attached hydrogens (tertiary/aromatic N) is 2. The fourth-order valence-electron chi connectivity index (χ4n) is 2.01. The molecule has 1 aliphatic rings. The zero-order valence-corrected chi connectivity index (χ0v) is 12.2. The van der Waals surface area contributed by atoms with Gasteiger partial charge in [-0.3, -0.25) is 0 Å². The third-order valence-electron chi connectivity index (χ3n) is 3.27. The normalized spacial score (nSPS) is 18.4. The van der Waals surface area contributed by atoms with Crippen molar-refractivity contribution in [2.45, 2.75) is 11.4 Å². The van der Waals surface area contributed by atoms with Crippen LogP contribution in [-0.4, -0.2) is 51.6 Å². The Morgan fingerprint density at radius 2 is 1.95 bits per heavy atom. The number of hydrogen-bond acceptors (Lipinski definition) is 5. The second kappa shape index (κ2) is 6.15. The van der Waals surface area contributed by atoms with Gasteiger partial charge in [0.05, 0.1) is 0 Å². The van der Waals surface area contributed by atoms with E-state index in [2.05, 4.69) is 9.73 Å². The summed E-state index contributed by atoms with van der Waals surface area (Å²) in [4.78, 5) is 4.16. The van der Waals surface area contributed by atoms with Crippen LogP contribution >= 0.6 is 0 Å². The summed E-state index contributed by atoms with van der Waals surface area (Å²) in [7, 11) is -1.92. The van der Waals surface area contributed by atoms with Crippen molar-refractivity contribution < 1.29 is 12.8 Å². The van der Waals surface area contributed by atoms with E-state index in [9.17, 15) is 12.8 Å². The second-order valence-corrected chi connectivity index (χ2v) is 6.48. The van der Waals surface area contributed by atoms with E-state index in [1.165, 1.54) is 12.1 Å². The van der Waals surface area contributed by atoms with Crippen molar-refractivity contribution in [3.8, 4) is 0 Å². The molecule has 0 radical (unpaired) electrons. The van der Waals surface area contributed by atoms with Crippen LogP contribution in [0.3, 0.4) is 0 Å². The maximum atomic E-state index is 13.8. The highest BCUT2D eigenvalue weighted by atomic mass is 32.2. The van der Waals surface area contributed by atoms with Crippen LogP contribution in [0.5, 0.6) is 0 Å². The molecule has 0 spiro atoms. The lowest BCUT2D eigenvalue weighted by atomic mass is 10.2. The van der Waals surface area contributed by atoms with Gasteiger partial charge < -0.3 is 10.6 Å². The summed E-state index contributed by atoms with van der Waals surface area (Å²) in [5.41, 5.74) is 5.95. The Bertz CT molecular complexity index is 571. The molecular weight excluding hydrogens is 283 g/mol. The van der Waals surface area contributed by atoms with Crippen LogP contribution in [-0.2, 0) is 16.6 Å². The van der Waals surface area contributed by atoms with Gasteiger partial charge in [0.2, 0.25) is 0 Å². The van der Waals surface area contributed by atoms with Crippen molar-refractivity contribution in [2.24, 2.45) is 5.73 Å². The van der Waals surface area contributed by atoms with Gasteiger partial charge in [-0.1, -0.05) is 6.07 Å². The molecule has 20 heavy (non-hydrogen) atoms. The van der Waals surface area contributed by atoms with Crippen LogP contribution in [0.4, 0.5) is 4.39 Å². The van der Waals surface area contributed by atoms with E-state index in [4.69, 9.17) is 5.73 Å². The molecular formula is C12H19FN4O2S. The molecule has 1 aliphatic heterocycles. The molecule has 6 nitrogen and oxygen atoms in total. The summed E-state index contributed by atoms with van der Waals surface area (Å²) < 4.78 is 38.2. The Balaban J connectivity index is 2.14. The van der Waals surface area contributed by atoms with E-state index in [1.54, 1.807) is 5.01 Å². The van der Waals surface area contributed by atoms with Gasteiger partial charge in [-0.25, -0.2) is 17.8 Å². The Labute approximate surface area is 118 Å². The molecule has 1 aromatic carbocycles. The first-order chi connectivity index (χ1) is 9.42. The summed E-state index contributed by atoms with van der Waals surface area (Å²) >= 11 is 0. The summed E-state index contributed by atoms with van der Waals surface area (Å²) in [5.74, 6) is -0.783. The average Bonchev–Trinajstić information content (AvgIpc) is 2.40. The van der Waals surface area contributed by atoms with Crippen LogP contribution in [0.25, 0.3) is 0 Å².